The van der Waals surface area contributed by atoms with Crippen molar-refractivity contribution in [3.05, 3.63) is 18.2 Å². The number of nitrogens with two attached hydrogens (primary N) is 1. The first kappa shape index (κ1) is 15.6. The van der Waals surface area contributed by atoms with E-state index in [9.17, 15) is 0 Å². The normalized spacial score (nSPS) is 11.4. The van der Waals surface area contributed by atoms with Crippen LogP contribution in [0.5, 0.6) is 5.75 Å². The lowest BCUT2D eigenvalue weighted by atomic mass is 10.2. The summed E-state index contributed by atoms with van der Waals surface area (Å²) in [5, 5.41) is 0. The van der Waals surface area contributed by atoms with Crippen LogP contribution in [0.15, 0.2) is 18.2 Å². The van der Waals surface area contributed by atoms with Gasteiger partial charge in [-0.25, -0.2) is 4.98 Å². The smallest absolute Gasteiger partial charge is 0.201 e. The summed E-state index contributed by atoms with van der Waals surface area (Å²) in [6.45, 7) is 9.14. The first-order chi connectivity index (χ1) is 10.1. The Hall–Kier alpha value is -1.75. The van der Waals surface area contributed by atoms with E-state index in [0.717, 1.165) is 29.8 Å². The number of nitrogens with zero attached hydrogens (tertiary/aromatic N) is 2. The van der Waals surface area contributed by atoms with Crippen LogP contribution in [-0.4, -0.2) is 29.4 Å². The van der Waals surface area contributed by atoms with Crippen LogP contribution in [0.4, 0.5) is 5.95 Å². The lowest BCUT2D eigenvalue weighted by molar-refractivity contribution is 0.104. The lowest BCUT2D eigenvalue weighted by Gasteiger charge is -2.09. The Balaban J connectivity index is 2.14. The minimum atomic E-state index is 0.505. The molecule has 2 N–H and O–H groups in total. The molecule has 0 aliphatic rings. The van der Waals surface area contributed by atoms with Gasteiger partial charge in [-0.05, 0) is 24.5 Å². The van der Waals surface area contributed by atoms with Crippen LogP contribution in [0, 0.1) is 5.92 Å². The van der Waals surface area contributed by atoms with E-state index in [2.05, 4.69) is 25.8 Å². The molecule has 116 valence electrons. The number of anilines is 1. The van der Waals surface area contributed by atoms with Crippen molar-refractivity contribution in [2.45, 2.75) is 33.7 Å². The molecule has 1 heterocycles. The van der Waals surface area contributed by atoms with Gasteiger partial charge in [0, 0.05) is 13.2 Å². The van der Waals surface area contributed by atoms with Gasteiger partial charge in [0.2, 0.25) is 5.95 Å². The molecule has 2 rings (SSSR count). The second-order valence-corrected chi connectivity index (χ2v) is 5.56. The third-order valence-electron chi connectivity index (χ3n) is 3.14. The number of aromatic nitrogens is 2. The molecule has 0 aliphatic carbocycles. The monoisotopic (exact) mass is 291 g/mol. The van der Waals surface area contributed by atoms with Gasteiger partial charge >= 0.3 is 0 Å². The zero-order valence-corrected chi connectivity index (χ0v) is 13.1. The Kier molecular flexibility index (Phi) is 5.44. The summed E-state index contributed by atoms with van der Waals surface area (Å²) in [5.74, 6) is 1.84. The molecule has 5 nitrogen and oxygen atoms in total. The Morgan fingerprint density at radius 1 is 1.29 bits per heavy atom. The highest BCUT2D eigenvalue weighted by molar-refractivity contribution is 5.84. The number of ether oxygens (including phenoxy) is 2. The summed E-state index contributed by atoms with van der Waals surface area (Å²) in [6, 6.07) is 5.92. The van der Waals surface area contributed by atoms with E-state index in [0.29, 0.717) is 31.6 Å². The van der Waals surface area contributed by atoms with Gasteiger partial charge in [0.1, 0.15) is 11.3 Å². The molecule has 0 aliphatic heterocycles. The van der Waals surface area contributed by atoms with Gasteiger partial charge in [0.25, 0.3) is 0 Å². The van der Waals surface area contributed by atoms with Crippen molar-refractivity contribution in [1.29, 1.82) is 0 Å². The van der Waals surface area contributed by atoms with Crippen LogP contribution in [0.1, 0.15) is 27.2 Å². The Labute approximate surface area is 126 Å². The van der Waals surface area contributed by atoms with E-state index >= 15 is 0 Å². The molecule has 0 fully saturated rings. The summed E-state index contributed by atoms with van der Waals surface area (Å²) in [7, 11) is 0. The average molecular weight is 291 g/mol. The molecule has 0 saturated carbocycles. The predicted molar refractivity (Wildman–Crippen MR) is 85.6 cm³/mol. The fourth-order valence-electron chi connectivity index (χ4n) is 2.18. The Bertz CT molecular complexity index is 578. The van der Waals surface area contributed by atoms with Crippen molar-refractivity contribution in [3.8, 4) is 5.75 Å². The molecule has 0 amide bonds. The first-order valence-electron chi connectivity index (χ1n) is 7.58. The quantitative estimate of drug-likeness (QED) is 0.759. The van der Waals surface area contributed by atoms with E-state index in [1.54, 1.807) is 0 Å². The molecular formula is C16H25N3O2. The van der Waals surface area contributed by atoms with Gasteiger partial charge in [-0.1, -0.05) is 26.8 Å². The van der Waals surface area contributed by atoms with E-state index in [1.165, 1.54) is 0 Å². The fourth-order valence-corrected chi connectivity index (χ4v) is 2.18. The molecule has 1 aromatic heterocycles. The number of rotatable bonds is 8. The second kappa shape index (κ2) is 7.31. The van der Waals surface area contributed by atoms with Crippen LogP contribution in [0.2, 0.25) is 0 Å². The highest BCUT2D eigenvalue weighted by Gasteiger charge is 2.12. The van der Waals surface area contributed by atoms with Gasteiger partial charge in [-0.2, -0.15) is 0 Å². The van der Waals surface area contributed by atoms with E-state index in [4.69, 9.17) is 15.2 Å². The SMILES string of the molecule is CCCOc1cccc2c1nc(N)n2CCOCC(C)C. The third-order valence-corrected chi connectivity index (χ3v) is 3.14. The zero-order chi connectivity index (χ0) is 15.2. The highest BCUT2D eigenvalue weighted by Crippen LogP contribution is 2.27. The highest BCUT2D eigenvalue weighted by atomic mass is 16.5. The van der Waals surface area contributed by atoms with Crippen molar-refractivity contribution < 1.29 is 9.47 Å². The van der Waals surface area contributed by atoms with Gasteiger partial charge in [0.05, 0.1) is 18.7 Å². The number of benzene rings is 1. The molecular weight excluding hydrogens is 266 g/mol. The van der Waals surface area contributed by atoms with Crippen molar-refractivity contribution in [2.75, 3.05) is 25.6 Å². The summed E-state index contributed by atoms with van der Waals surface area (Å²) in [5.41, 5.74) is 7.85. The van der Waals surface area contributed by atoms with Crippen molar-refractivity contribution >= 4 is 17.0 Å². The third kappa shape index (κ3) is 3.88. The van der Waals surface area contributed by atoms with Crippen molar-refractivity contribution in [2.24, 2.45) is 5.92 Å². The summed E-state index contributed by atoms with van der Waals surface area (Å²) in [6.07, 6.45) is 0.968. The molecule has 2 aromatic rings. The van der Waals surface area contributed by atoms with Crippen LogP contribution in [-0.2, 0) is 11.3 Å². The van der Waals surface area contributed by atoms with Crippen LogP contribution >= 0.6 is 0 Å². The molecule has 0 bridgehead atoms. The standard InChI is InChI=1S/C16H25N3O2/c1-4-9-21-14-7-5-6-13-15(14)18-16(17)19(13)8-10-20-11-12(2)3/h5-7,12H,4,8-11H2,1-3H3,(H2,17,18). The molecule has 0 spiro atoms. The minimum Gasteiger partial charge on any atom is -0.491 e. The van der Waals surface area contributed by atoms with Gasteiger partial charge < -0.3 is 19.8 Å². The molecule has 0 saturated heterocycles. The number of para-hydroxylation sites is 1. The largest absolute Gasteiger partial charge is 0.491 e. The van der Waals surface area contributed by atoms with Crippen LogP contribution < -0.4 is 10.5 Å². The Morgan fingerprint density at radius 2 is 2.10 bits per heavy atom. The number of hydrogen-bond acceptors (Lipinski definition) is 4. The molecule has 0 unspecified atom stereocenters. The Morgan fingerprint density at radius 3 is 2.81 bits per heavy atom. The lowest BCUT2D eigenvalue weighted by Crippen LogP contribution is -2.11. The molecule has 0 radical (unpaired) electrons. The number of nitrogen functional groups attached to an aromatic ring is 1. The first-order valence-corrected chi connectivity index (χ1v) is 7.58. The van der Waals surface area contributed by atoms with Gasteiger partial charge in [0.15, 0.2) is 0 Å². The van der Waals surface area contributed by atoms with Crippen LogP contribution in [0.25, 0.3) is 11.0 Å². The van der Waals surface area contributed by atoms with E-state index in [-0.39, 0.29) is 0 Å². The summed E-state index contributed by atoms with van der Waals surface area (Å²) < 4.78 is 13.3. The van der Waals surface area contributed by atoms with Gasteiger partial charge in [-0.3, -0.25) is 0 Å². The molecule has 5 heteroatoms. The van der Waals surface area contributed by atoms with Gasteiger partial charge in [-0.15, -0.1) is 0 Å². The fraction of sp³-hybridized carbons (Fsp3) is 0.562. The number of hydrogen-bond donors (Lipinski definition) is 1. The number of fused-ring (bicyclic) bond motifs is 1. The zero-order valence-electron chi connectivity index (χ0n) is 13.1. The molecule has 0 atom stereocenters. The molecule has 21 heavy (non-hydrogen) atoms. The summed E-state index contributed by atoms with van der Waals surface area (Å²) in [4.78, 5) is 4.44. The maximum Gasteiger partial charge on any atom is 0.201 e. The predicted octanol–water partition coefficient (Wildman–Crippen LogP) is 3.08. The minimum absolute atomic E-state index is 0.505. The van der Waals surface area contributed by atoms with Crippen molar-refractivity contribution in [3.63, 3.8) is 0 Å². The van der Waals surface area contributed by atoms with Crippen molar-refractivity contribution in [1.82, 2.24) is 9.55 Å². The topological polar surface area (TPSA) is 62.3 Å². The van der Waals surface area contributed by atoms with Crippen LogP contribution in [0.3, 0.4) is 0 Å². The second-order valence-electron chi connectivity index (χ2n) is 5.56. The maximum atomic E-state index is 6.03. The summed E-state index contributed by atoms with van der Waals surface area (Å²) >= 11 is 0. The van der Waals surface area contributed by atoms with E-state index < -0.39 is 0 Å². The molecule has 1 aromatic carbocycles. The number of imidazole rings is 1. The average Bonchev–Trinajstić information content (AvgIpc) is 2.77. The maximum absolute atomic E-state index is 6.03. The van der Waals surface area contributed by atoms with E-state index in [1.807, 2.05) is 22.8 Å².